The summed E-state index contributed by atoms with van der Waals surface area (Å²) >= 11 is 3.90. The van der Waals surface area contributed by atoms with Crippen LogP contribution in [0.5, 0.6) is 17.2 Å². The number of pyridine rings is 1. The number of rotatable bonds is 13. The lowest BCUT2D eigenvalue weighted by molar-refractivity contribution is -0.118. The van der Waals surface area contributed by atoms with Crippen LogP contribution in [0.1, 0.15) is 29.6 Å². The molecule has 2 aromatic carbocycles. The van der Waals surface area contributed by atoms with E-state index in [-0.39, 0.29) is 40.2 Å². The van der Waals surface area contributed by atoms with Gasteiger partial charge in [0.25, 0.3) is 5.91 Å². The number of nitrogens with zero attached hydrogens (tertiary/aromatic N) is 1. The van der Waals surface area contributed by atoms with E-state index in [4.69, 9.17) is 15.2 Å². The summed E-state index contributed by atoms with van der Waals surface area (Å²) in [5.41, 5.74) is 6.46. The highest BCUT2D eigenvalue weighted by molar-refractivity contribution is 7.81. The number of carbonyl (C=O) groups is 3. The molecule has 4 N–H and O–H groups in total. The zero-order chi connectivity index (χ0) is 25.2. The van der Waals surface area contributed by atoms with Crippen molar-refractivity contribution in [3.8, 4) is 17.2 Å². The quantitative estimate of drug-likeness (QED) is 0.161. The Bertz CT molecular complexity index is 1220. The molecule has 3 amide bonds. The van der Waals surface area contributed by atoms with Gasteiger partial charge in [0, 0.05) is 35.9 Å². The van der Waals surface area contributed by atoms with Crippen molar-refractivity contribution in [2.24, 2.45) is 5.73 Å². The SMILES string of the molecule is NC(=O)c1cc2c(Oc3ccc(NC=O)cc3F)ccnc2cc1OCCCCCNC(=O)CS. The summed E-state index contributed by atoms with van der Waals surface area (Å²) in [5.74, 6) is -0.848. The number of primary amides is 1. The van der Waals surface area contributed by atoms with Gasteiger partial charge in [0.2, 0.25) is 12.3 Å². The molecular formula is C24H25FN4O5S. The largest absolute Gasteiger partial charge is 0.493 e. The number of thiol groups is 1. The molecule has 0 atom stereocenters. The molecule has 3 rings (SSSR count). The highest BCUT2D eigenvalue weighted by atomic mass is 32.1. The third-order valence-corrected chi connectivity index (χ3v) is 5.28. The molecule has 0 saturated carbocycles. The number of hydrogen-bond donors (Lipinski definition) is 4. The number of fused-ring (bicyclic) bond motifs is 1. The maximum atomic E-state index is 14.4. The second-order valence-electron chi connectivity index (χ2n) is 7.47. The first-order valence-corrected chi connectivity index (χ1v) is 11.5. The lowest BCUT2D eigenvalue weighted by atomic mass is 10.1. The van der Waals surface area contributed by atoms with Crippen molar-refractivity contribution >= 4 is 47.4 Å². The minimum atomic E-state index is -0.693. The first-order valence-electron chi connectivity index (χ1n) is 10.8. The molecule has 0 fully saturated rings. The zero-order valence-electron chi connectivity index (χ0n) is 18.8. The molecule has 0 saturated heterocycles. The first-order chi connectivity index (χ1) is 16.9. The van der Waals surface area contributed by atoms with Crippen LogP contribution in [0.4, 0.5) is 10.1 Å². The van der Waals surface area contributed by atoms with Crippen LogP contribution in [0.15, 0.2) is 42.6 Å². The van der Waals surface area contributed by atoms with E-state index in [0.29, 0.717) is 36.9 Å². The highest BCUT2D eigenvalue weighted by Gasteiger charge is 2.16. The number of ether oxygens (including phenoxy) is 2. The standard InChI is InChI=1S/C24H25FN4O5S/c25-18-10-15(29-14-30)4-5-21(18)34-20-6-8-27-19-12-22(17(24(26)32)11-16(19)20)33-9-3-1-2-7-28-23(31)13-35/h4-6,8,10-12,14,35H,1-3,7,9,13H2,(H2,26,32)(H,28,31)(H,29,30). The number of amides is 3. The van der Waals surface area contributed by atoms with Crippen molar-refractivity contribution in [2.45, 2.75) is 19.3 Å². The van der Waals surface area contributed by atoms with Crippen LogP contribution in [-0.2, 0) is 9.59 Å². The summed E-state index contributed by atoms with van der Waals surface area (Å²) in [6, 6.07) is 8.62. The molecule has 0 aliphatic rings. The van der Waals surface area contributed by atoms with Crippen LogP contribution < -0.4 is 25.8 Å². The Labute approximate surface area is 206 Å². The molecule has 11 heteroatoms. The Kier molecular flexibility index (Phi) is 9.24. The molecule has 1 aromatic heterocycles. The number of anilines is 1. The van der Waals surface area contributed by atoms with Crippen molar-refractivity contribution < 1.29 is 28.2 Å². The van der Waals surface area contributed by atoms with Gasteiger partial charge in [-0.3, -0.25) is 19.4 Å². The van der Waals surface area contributed by atoms with Crippen LogP contribution in [0.25, 0.3) is 10.9 Å². The van der Waals surface area contributed by atoms with Crippen molar-refractivity contribution in [2.75, 3.05) is 24.2 Å². The van der Waals surface area contributed by atoms with E-state index in [0.717, 1.165) is 18.9 Å². The molecule has 184 valence electrons. The monoisotopic (exact) mass is 500 g/mol. The molecule has 0 radical (unpaired) electrons. The summed E-state index contributed by atoms with van der Waals surface area (Å²) in [7, 11) is 0. The van der Waals surface area contributed by atoms with Gasteiger partial charge in [-0.1, -0.05) is 0 Å². The van der Waals surface area contributed by atoms with Crippen LogP contribution in [-0.4, -0.2) is 42.1 Å². The molecule has 0 unspecified atom stereocenters. The molecule has 0 spiro atoms. The topological polar surface area (TPSA) is 133 Å². The van der Waals surface area contributed by atoms with Crippen LogP contribution >= 0.6 is 12.6 Å². The van der Waals surface area contributed by atoms with E-state index in [1.165, 1.54) is 30.5 Å². The fourth-order valence-electron chi connectivity index (χ4n) is 3.28. The summed E-state index contributed by atoms with van der Waals surface area (Å²) in [6.07, 6.45) is 4.24. The predicted octanol–water partition coefficient (Wildman–Crippen LogP) is 3.43. The third kappa shape index (κ3) is 7.06. The van der Waals surface area contributed by atoms with Crippen molar-refractivity contribution in [3.63, 3.8) is 0 Å². The molecule has 0 aliphatic carbocycles. The number of hydrogen-bond acceptors (Lipinski definition) is 7. The van der Waals surface area contributed by atoms with E-state index < -0.39 is 11.7 Å². The second kappa shape index (κ2) is 12.6. The Morgan fingerprint density at radius 1 is 1.09 bits per heavy atom. The number of halogens is 1. The molecular weight excluding hydrogens is 475 g/mol. The molecule has 3 aromatic rings. The Hall–Kier alpha value is -3.86. The highest BCUT2D eigenvalue weighted by Crippen LogP contribution is 2.34. The number of aromatic nitrogens is 1. The van der Waals surface area contributed by atoms with E-state index in [1.807, 2.05) is 0 Å². The number of nitrogens with one attached hydrogen (secondary N) is 2. The fourth-order valence-corrected chi connectivity index (χ4v) is 3.39. The van der Waals surface area contributed by atoms with E-state index in [1.54, 1.807) is 6.07 Å². The molecule has 1 heterocycles. The number of unbranched alkanes of at least 4 members (excludes halogenated alkanes) is 2. The third-order valence-electron chi connectivity index (χ3n) is 4.99. The van der Waals surface area contributed by atoms with Gasteiger partial charge in [-0.2, -0.15) is 12.6 Å². The average molecular weight is 501 g/mol. The van der Waals surface area contributed by atoms with Gasteiger partial charge >= 0.3 is 0 Å². The minimum absolute atomic E-state index is 0.0690. The zero-order valence-corrected chi connectivity index (χ0v) is 19.6. The number of carbonyl (C=O) groups excluding carboxylic acids is 3. The Morgan fingerprint density at radius 2 is 1.91 bits per heavy atom. The lowest BCUT2D eigenvalue weighted by Crippen LogP contribution is -2.25. The smallest absolute Gasteiger partial charge is 0.252 e. The number of benzene rings is 2. The van der Waals surface area contributed by atoms with Crippen molar-refractivity contribution in [1.82, 2.24) is 10.3 Å². The van der Waals surface area contributed by atoms with Crippen molar-refractivity contribution in [3.05, 3.63) is 54.0 Å². The van der Waals surface area contributed by atoms with Gasteiger partial charge in [0.15, 0.2) is 11.6 Å². The fraction of sp³-hybridized carbons (Fsp3) is 0.250. The van der Waals surface area contributed by atoms with Gasteiger partial charge in [-0.15, -0.1) is 0 Å². The van der Waals surface area contributed by atoms with E-state index in [2.05, 4.69) is 28.2 Å². The van der Waals surface area contributed by atoms with E-state index >= 15 is 0 Å². The molecule has 0 bridgehead atoms. The lowest BCUT2D eigenvalue weighted by Gasteiger charge is -2.14. The number of nitrogens with two attached hydrogens (primary N) is 1. The normalized spacial score (nSPS) is 10.6. The summed E-state index contributed by atoms with van der Waals surface area (Å²) < 4.78 is 25.9. The molecule has 35 heavy (non-hydrogen) atoms. The van der Waals surface area contributed by atoms with Crippen LogP contribution in [0, 0.1) is 5.82 Å². The van der Waals surface area contributed by atoms with Crippen molar-refractivity contribution in [1.29, 1.82) is 0 Å². The maximum absolute atomic E-state index is 14.4. The average Bonchev–Trinajstić information content (AvgIpc) is 2.84. The summed E-state index contributed by atoms with van der Waals surface area (Å²) in [6.45, 7) is 0.903. The predicted molar refractivity (Wildman–Crippen MR) is 133 cm³/mol. The summed E-state index contributed by atoms with van der Waals surface area (Å²) in [5, 5.41) is 5.55. The van der Waals surface area contributed by atoms with Gasteiger partial charge < -0.3 is 25.8 Å². The summed E-state index contributed by atoms with van der Waals surface area (Å²) in [4.78, 5) is 38.1. The molecule has 0 aliphatic heterocycles. The maximum Gasteiger partial charge on any atom is 0.252 e. The van der Waals surface area contributed by atoms with Gasteiger partial charge in [0.1, 0.15) is 11.5 Å². The second-order valence-corrected chi connectivity index (χ2v) is 7.78. The van der Waals surface area contributed by atoms with E-state index in [9.17, 15) is 18.8 Å². The minimum Gasteiger partial charge on any atom is -0.493 e. The van der Waals surface area contributed by atoms with Gasteiger partial charge in [-0.25, -0.2) is 4.39 Å². The molecule has 9 nitrogen and oxygen atoms in total. The van der Waals surface area contributed by atoms with Crippen LogP contribution in [0.3, 0.4) is 0 Å². The Balaban J connectivity index is 1.73. The first kappa shape index (κ1) is 25.8. The van der Waals surface area contributed by atoms with Gasteiger partial charge in [-0.05, 0) is 43.5 Å². The van der Waals surface area contributed by atoms with Gasteiger partial charge in [0.05, 0.1) is 23.4 Å². The Morgan fingerprint density at radius 3 is 2.63 bits per heavy atom. The van der Waals surface area contributed by atoms with Crippen LogP contribution in [0.2, 0.25) is 0 Å².